The van der Waals surface area contributed by atoms with E-state index in [0.29, 0.717) is 17.5 Å². The minimum Gasteiger partial charge on any atom is -0.493 e. The third-order valence-electron chi connectivity index (χ3n) is 3.30. The van der Waals surface area contributed by atoms with E-state index < -0.39 is 0 Å². The van der Waals surface area contributed by atoms with Crippen molar-refractivity contribution in [1.82, 2.24) is 4.57 Å². The molecule has 0 saturated heterocycles. The number of ether oxygens (including phenoxy) is 1. The second-order valence-corrected chi connectivity index (χ2v) is 4.90. The Morgan fingerprint density at radius 1 is 1.33 bits per heavy atom. The summed E-state index contributed by atoms with van der Waals surface area (Å²) in [5.41, 5.74) is 7.88. The Labute approximate surface area is 111 Å². The van der Waals surface area contributed by atoms with Crippen molar-refractivity contribution in [2.24, 2.45) is 5.73 Å². The normalized spacial score (nSPS) is 17.2. The summed E-state index contributed by atoms with van der Waals surface area (Å²) >= 11 is 5.05. The summed E-state index contributed by atoms with van der Waals surface area (Å²) in [6.45, 7) is 1.56. The van der Waals surface area contributed by atoms with Crippen LogP contribution in [0.15, 0.2) is 42.6 Å². The largest absolute Gasteiger partial charge is 0.493 e. The Morgan fingerprint density at radius 3 is 3.00 bits per heavy atom. The van der Waals surface area contributed by atoms with Gasteiger partial charge in [-0.25, -0.2) is 0 Å². The fourth-order valence-corrected chi connectivity index (χ4v) is 2.60. The van der Waals surface area contributed by atoms with Crippen LogP contribution in [0, 0.1) is 0 Å². The summed E-state index contributed by atoms with van der Waals surface area (Å²) in [5.74, 6) is 1.35. The molecule has 18 heavy (non-hydrogen) atoms. The third-order valence-corrected chi connectivity index (χ3v) is 3.51. The van der Waals surface area contributed by atoms with Crippen molar-refractivity contribution < 1.29 is 4.74 Å². The molecule has 0 spiro atoms. The maximum Gasteiger partial charge on any atom is 0.122 e. The van der Waals surface area contributed by atoms with E-state index in [2.05, 4.69) is 10.6 Å². The first-order valence-corrected chi connectivity index (χ1v) is 6.33. The number of thiocarbonyl (C=S) groups is 1. The monoisotopic (exact) mass is 258 g/mol. The summed E-state index contributed by atoms with van der Waals surface area (Å²) in [4.78, 5) is 0.437. The highest BCUT2D eigenvalue weighted by molar-refractivity contribution is 7.80. The second-order valence-electron chi connectivity index (χ2n) is 4.46. The van der Waals surface area contributed by atoms with E-state index >= 15 is 0 Å². The van der Waals surface area contributed by atoms with Gasteiger partial charge in [-0.2, -0.15) is 0 Å². The molecule has 1 aliphatic heterocycles. The molecule has 0 radical (unpaired) electrons. The molecule has 1 aromatic carbocycles. The zero-order chi connectivity index (χ0) is 12.5. The van der Waals surface area contributed by atoms with Crippen molar-refractivity contribution in [3.63, 3.8) is 0 Å². The average molecular weight is 258 g/mol. The van der Waals surface area contributed by atoms with Gasteiger partial charge in [-0.3, -0.25) is 0 Å². The van der Waals surface area contributed by atoms with E-state index in [4.69, 9.17) is 22.7 Å². The Balaban J connectivity index is 1.86. The van der Waals surface area contributed by atoms with Gasteiger partial charge in [-0.15, -0.1) is 0 Å². The highest BCUT2D eigenvalue weighted by Gasteiger charge is 2.24. The van der Waals surface area contributed by atoms with Crippen molar-refractivity contribution in [2.75, 3.05) is 6.61 Å². The number of rotatable bonds is 3. The fraction of sp³-hybridized carbons (Fsp3) is 0.214. The molecular formula is C14H14N2OS. The van der Waals surface area contributed by atoms with Crippen LogP contribution < -0.4 is 10.5 Å². The summed E-state index contributed by atoms with van der Waals surface area (Å²) in [5, 5.41) is 0. The van der Waals surface area contributed by atoms with Gasteiger partial charge in [0.1, 0.15) is 10.7 Å². The number of para-hydroxylation sites is 1. The van der Waals surface area contributed by atoms with Gasteiger partial charge in [0.25, 0.3) is 0 Å². The van der Waals surface area contributed by atoms with Crippen LogP contribution in [-0.4, -0.2) is 16.2 Å². The first-order chi connectivity index (χ1) is 8.75. The fourth-order valence-electron chi connectivity index (χ4n) is 2.41. The minimum atomic E-state index is 0.363. The zero-order valence-electron chi connectivity index (χ0n) is 9.87. The predicted molar refractivity (Wildman–Crippen MR) is 75.0 cm³/mol. The minimum absolute atomic E-state index is 0.363. The molecular weight excluding hydrogens is 244 g/mol. The van der Waals surface area contributed by atoms with E-state index in [1.807, 2.05) is 36.5 Å². The lowest BCUT2D eigenvalue weighted by atomic mass is 10.0. The van der Waals surface area contributed by atoms with Crippen LogP contribution in [-0.2, 0) is 6.54 Å². The molecule has 0 saturated carbocycles. The number of fused-ring (bicyclic) bond motifs is 1. The number of benzene rings is 1. The Kier molecular flexibility index (Phi) is 2.80. The van der Waals surface area contributed by atoms with Crippen molar-refractivity contribution in [3.05, 3.63) is 53.9 Å². The van der Waals surface area contributed by atoms with Gasteiger partial charge in [-0.05, 0) is 18.2 Å². The SMILES string of the molecule is NC(=S)c1cccn1CC1COc2ccccc21. The first kappa shape index (κ1) is 11.3. The highest BCUT2D eigenvalue weighted by Crippen LogP contribution is 2.34. The Bertz CT molecular complexity index is 591. The molecule has 2 heterocycles. The molecule has 0 amide bonds. The molecule has 0 fully saturated rings. The zero-order valence-corrected chi connectivity index (χ0v) is 10.7. The van der Waals surface area contributed by atoms with Crippen molar-refractivity contribution in [3.8, 4) is 5.75 Å². The van der Waals surface area contributed by atoms with Crippen LogP contribution >= 0.6 is 12.2 Å². The van der Waals surface area contributed by atoms with Gasteiger partial charge in [-0.1, -0.05) is 30.4 Å². The van der Waals surface area contributed by atoms with Crippen LogP contribution in [0.2, 0.25) is 0 Å². The van der Waals surface area contributed by atoms with Crippen LogP contribution in [0.5, 0.6) is 5.75 Å². The standard InChI is InChI=1S/C14H14N2OS/c15-14(18)12-5-3-7-16(12)8-10-9-17-13-6-2-1-4-11(10)13/h1-7,10H,8-9H2,(H2,15,18). The molecule has 0 aliphatic carbocycles. The summed E-state index contributed by atoms with van der Waals surface area (Å²) in [7, 11) is 0. The smallest absolute Gasteiger partial charge is 0.122 e. The van der Waals surface area contributed by atoms with E-state index in [1.165, 1.54) is 5.56 Å². The van der Waals surface area contributed by atoms with Gasteiger partial charge >= 0.3 is 0 Å². The summed E-state index contributed by atoms with van der Waals surface area (Å²) < 4.78 is 7.78. The maximum absolute atomic E-state index is 5.71. The van der Waals surface area contributed by atoms with Gasteiger partial charge in [0, 0.05) is 24.2 Å². The number of hydrogen-bond donors (Lipinski definition) is 1. The van der Waals surface area contributed by atoms with E-state index in [0.717, 1.165) is 18.0 Å². The van der Waals surface area contributed by atoms with Crippen LogP contribution in [0.25, 0.3) is 0 Å². The molecule has 1 aromatic heterocycles. The van der Waals surface area contributed by atoms with Gasteiger partial charge in [0.05, 0.1) is 12.3 Å². The van der Waals surface area contributed by atoms with E-state index in [-0.39, 0.29) is 0 Å². The molecule has 3 rings (SSSR count). The second kappa shape index (κ2) is 4.46. The number of nitrogens with two attached hydrogens (primary N) is 1. The van der Waals surface area contributed by atoms with Crippen molar-refractivity contribution in [2.45, 2.75) is 12.5 Å². The lowest BCUT2D eigenvalue weighted by Crippen LogP contribution is -2.18. The molecule has 0 bridgehead atoms. The molecule has 1 unspecified atom stereocenters. The first-order valence-electron chi connectivity index (χ1n) is 5.92. The number of aromatic nitrogens is 1. The highest BCUT2D eigenvalue weighted by atomic mass is 32.1. The van der Waals surface area contributed by atoms with Gasteiger partial charge < -0.3 is 15.0 Å². The maximum atomic E-state index is 5.71. The lowest BCUT2D eigenvalue weighted by Gasteiger charge is -2.13. The number of hydrogen-bond acceptors (Lipinski definition) is 2. The molecule has 1 atom stereocenters. The van der Waals surface area contributed by atoms with E-state index in [9.17, 15) is 0 Å². The molecule has 92 valence electrons. The lowest BCUT2D eigenvalue weighted by molar-refractivity contribution is 0.319. The molecule has 2 aromatic rings. The quantitative estimate of drug-likeness (QED) is 0.859. The van der Waals surface area contributed by atoms with Gasteiger partial charge in [0.2, 0.25) is 0 Å². The summed E-state index contributed by atoms with van der Waals surface area (Å²) in [6.07, 6.45) is 2.01. The predicted octanol–water partition coefficient (Wildman–Crippen LogP) is 2.30. The van der Waals surface area contributed by atoms with Crippen molar-refractivity contribution >= 4 is 17.2 Å². The van der Waals surface area contributed by atoms with E-state index in [1.54, 1.807) is 0 Å². The molecule has 4 heteroatoms. The molecule has 3 nitrogen and oxygen atoms in total. The topological polar surface area (TPSA) is 40.2 Å². The van der Waals surface area contributed by atoms with Crippen LogP contribution in [0.3, 0.4) is 0 Å². The van der Waals surface area contributed by atoms with Crippen LogP contribution in [0.4, 0.5) is 0 Å². The number of nitrogens with zero attached hydrogens (tertiary/aromatic N) is 1. The average Bonchev–Trinajstić information content (AvgIpc) is 2.97. The third kappa shape index (κ3) is 1.88. The Morgan fingerprint density at radius 2 is 2.17 bits per heavy atom. The van der Waals surface area contributed by atoms with Crippen molar-refractivity contribution in [1.29, 1.82) is 0 Å². The Hall–Kier alpha value is -1.81. The summed E-state index contributed by atoms with van der Waals surface area (Å²) in [6, 6.07) is 12.1. The molecule has 1 aliphatic rings. The van der Waals surface area contributed by atoms with Crippen LogP contribution in [0.1, 0.15) is 17.2 Å². The van der Waals surface area contributed by atoms with Gasteiger partial charge in [0.15, 0.2) is 0 Å². The molecule has 2 N–H and O–H groups in total.